The maximum absolute atomic E-state index is 6.87. The number of aromatic nitrogens is 2. The van der Waals surface area contributed by atoms with Crippen LogP contribution in [0.2, 0.25) is 0 Å². The molecule has 0 saturated carbocycles. The van der Waals surface area contributed by atoms with Gasteiger partial charge in [0.05, 0.1) is 11.9 Å². The standard InChI is InChI=1S/C6H8N4.C3H8.H2/c1-4-3-9-6(8)5(2-7)10-4;1-3-2;/h2-3,7H,1H3,(H2,8,9);3H2,1-2H3;1H. The zero-order chi connectivity index (χ0) is 10.3. The smallest absolute Gasteiger partial charge is 0.150 e. The van der Waals surface area contributed by atoms with Crippen molar-refractivity contribution in [1.82, 2.24) is 9.97 Å². The van der Waals surface area contributed by atoms with Gasteiger partial charge >= 0.3 is 0 Å². The first kappa shape index (κ1) is 11.6. The van der Waals surface area contributed by atoms with Crippen molar-refractivity contribution < 1.29 is 1.43 Å². The van der Waals surface area contributed by atoms with Gasteiger partial charge in [-0.1, -0.05) is 20.3 Å². The molecule has 1 aromatic heterocycles. The highest BCUT2D eigenvalue weighted by Gasteiger charge is 1.96. The molecule has 0 amide bonds. The number of hydrogen-bond acceptors (Lipinski definition) is 4. The molecule has 1 aromatic rings. The molecular formula is C9H18N4. The van der Waals surface area contributed by atoms with Gasteiger partial charge in [0.15, 0.2) is 5.82 Å². The SMILES string of the molecule is CCC.Cc1cnc(N)c(C=N)n1.[HH]. The summed E-state index contributed by atoms with van der Waals surface area (Å²) in [4.78, 5) is 7.77. The third kappa shape index (κ3) is 4.20. The molecule has 0 radical (unpaired) electrons. The molecule has 0 aliphatic rings. The van der Waals surface area contributed by atoms with Crippen LogP contribution < -0.4 is 5.73 Å². The Kier molecular flexibility index (Phi) is 5.43. The van der Waals surface area contributed by atoms with Crippen LogP contribution in [0, 0.1) is 12.3 Å². The van der Waals surface area contributed by atoms with E-state index in [1.807, 2.05) is 0 Å². The molecule has 1 rings (SSSR count). The molecule has 0 spiro atoms. The van der Waals surface area contributed by atoms with Crippen LogP contribution in [0.1, 0.15) is 33.1 Å². The molecule has 74 valence electrons. The lowest BCUT2D eigenvalue weighted by Crippen LogP contribution is -2.00. The minimum Gasteiger partial charge on any atom is -0.382 e. The molecular weight excluding hydrogens is 164 g/mol. The van der Waals surface area contributed by atoms with Gasteiger partial charge in [-0.25, -0.2) is 9.97 Å². The van der Waals surface area contributed by atoms with Crippen LogP contribution in [0.3, 0.4) is 0 Å². The summed E-state index contributed by atoms with van der Waals surface area (Å²) in [6.45, 7) is 6.06. The third-order valence-electron chi connectivity index (χ3n) is 1.09. The van der Waals surface area contributed by atoms with Crippen LogP contribution in [0.15, 0.2) is 6.20 Å². The molecule has 0 bridgehead atoms. The van der Waals surface area contributed by atoms with Crippen LogP contribution in [0.5, 0.6) is 0 Å². The average Bonchev–Trinajstić information content (AvgIpc) is 2.10. The first-order valence-electron chi connectivity index (χ1n) is 4.25. The fourth-order valence-electron chi connectivity index (χ4n) is 0.611. The second-order valence-electron chi connectivity index (χ2n) is 2.63. The van der Waals surface area contributed by atoms with Crippen molar-refractivity contribution >= 4 is 12.0 Å². The summed E-state index contributed by atoms with van der Waals surface area (Å²) < 4.78 is 0. The van der Waals surface area contributed by atoms with Crippen molar-refractivity contribution in [3.8, 4) is 0 Å². The van der Waals surface area contributed by atoms with Crippen LogP contribution >= 0.6 is 0 Å². The Bertz CT molecular complexity index is 276. The Morgan fingerprint density at radius 3 is 2.54 bits per heavy atom. The highest BCUT2D eigenvalue weighted by Crippen LogP contribution is 2.00. The van der Waals surface area contributed by atoms with Gasteiger partial charge in [-0.05, 0) is 6.92 Å². The maximum atomic E-state index is 6.87. The number of anilines is 1. The number of nitrogen functional groups attached to an aromatic ring is 1. The van der Waals surface area contributed by atoms with Crippen LogP contribution in [0.25, 0.3) is 0 Å². The third-order valence-corrected chi connectivity index (χ3v) is 1.09. The molecule has 0 aliphatic heterocycles. The highest BCUT2D eigenvalue weighted by atomic mass is 14.9. The first-order valence-corrected chi connectivity index (χ1v) is 4.25. The second-order valence-corrected chi connectivity index (χ2v) is 2.63. The van der Waals surface area contributed by atoms with E-state index in [2.05, 4.69) is 23.8 Å². The van der Waals surface area contributed by atoms with Gasteiger partial charge in [0.2, 0.25) is 0 Å². The highest BCUT2D eigenvalue weighted by molar-refractivity contribution is 5.80. The minimum absolute atomic E-state index is 0. The van der Waals surface area contributed by atoms with Crippen LogP contribution in [0.4, 0.5) is 5.82 Å². The Morgan fingerprint density at radius 1 is 1.62 bits per heavy atom. The normalized spacial score (nSPS) is 8.54. The number of rotatable bonds is 1. The van der Waals surface area contributed by atoms with E-state index in [1.165, 1.54) is 6.42 Å². The zero-order valence-corrected chi connectivity index (χ0v) is 8.33. The van der Waals surface area contributed by atoms with E-state index >= 15 is 0 Å². The topological polar surface area (TPSA) is 75.7 Å². The van der Waals surface area contributed by atoms with Crippen LogP contribution in [-0.2, 0) is 0 Å². The van der Waals surface area contributed by atoms with Gasteiger partial charge in [-0.2, -0.15) is 0 Å². The van der Waals surface area contributed by atoms with E-state index < -0.39 is 0 Å². The summed E-state index contributed by atoms with van der Waals surface area (Å²) in [5.74, 6) is 0.306. The van der Waals surface area contributed by atoms with Gasteiger partial charge in [0.25, 0.3) is 0 Å². The summed E-state index contributed by atoms with van der Waals surface area (Å²) >= 11 is 0. The van der Waals surface area contributed by atoms with Crippen molar-refractivity contribution in [3.05, 3.63) is 17.6 Å². The Balaban J connectivity index is 0. The van der Waals surface area contributed by atoms with Crippen molar-refractivity contribution in [3.63, 3.8) is 0 Å². The lowest BCUT2D eigenvalue weighted by molar-refractivity contribution is 1.09. The summed E-state index contributed by atoms with van der Waals surface area (Å²) in [5.41, 5.74) is 6.58. The molecule has 4 nitrogen and oxygen atoms in total. The monoisotopic (exact) mass is 182 g/mol. The molecule has 0 aromatic carbocycles. The summed E-state index contributed by atoms with van der Waals surface area (Å²) in [6.07, 6.45) is 3.91. The van der Waals surface area contributed by atoms with E-state index in [0.717, 1.165) is 11.9 Å². The molecule has 13 heavy (non-hydrogen) atoms. The molecule has 3 N–H and O–H groups in total. The van der Waals surface area contributed by atoms with E-state index in [9.17, 15) is 0 Å². The molecule has 4 heteroatoms. The van der Waals surface area contributed by atoms with Gasteiger partial charge in [-0.15, -0.1) is 0 Å². The van der Waals surface area contributed by atoms with Gasteiger partial charge in [0.1, 0.15) is 5.69 Å². The second kappa shape index (κ2) is 6.11. The van der Waals surface area contributed by atoms with Gasteiger partial charge < -0.3 is 11.1 Å². The Hall–Kier alpha value is -1.45. The maximum Gasteiger partial charge on any atom is 0.150 e. The number of nitrogens with zero attached hydrogens (tertiary/aromatic N) is 2. The lowest BCUT2D eigenvalue weighted by atomic mass is 10.4. The van der Waals surface area contributed by atoms with Crippen molar-refractivity contribution in [2.45, 2.75) is 27.2 Å². The Labute approximate surface area is 80.2 Å². The quantitative estimate of drug-likeness (QED) is 0.652. The summed E-state index contributed by atoms with van der Waals surface area (Å²) in [5, 5.41) is 6.87. The Morgan fingerprint density at radius 2 is 2.15 bits per heavy atom. The molecule has 0 aliphatic carbocycles. The van der Waals surface area contributed by atoms with Crippen molar-refractivity contribution in [2.75, 3.05) is 5.73 Å². The minimum atomic E-state index is 0. The fraction of sp³-hybridized carbons (Fsp3) is 0.444. The summed E-state index contributed by atoms with van der Waals surface area (Å²) in [6, 6.07) is 0. The number of aryl methyl sites for hydroxylation is 1. The van der Waals surface area contributed by atoms with Gasteiger partial charge in [-0.3, -0.25) is 0 Å². The molecule has 0 atom stereocenters. The largest absolute Gasteiger partial charge is 0.382 e. The van der Waals surface area contributed by atoms with E-state index in [1.54, 1.807) is 13.1 Å². The summed E-state index contributed by atoms with van der Waals surface area (Å²) in [7, 11) is 0. The van der Waals surface area contributed by atoms with E-state index in [4.69, 9.17) is 11.1 Å². The van der Waals surface area contributed by atoms with E-state index in [-0.39, 0.29) is 1.43 Å². The van der Waals surface area contributed by atoms with Crippen LogP contribution in [-0.4, -0.2) is 16.2 Å². The molecule has 0 fully saturated rings. The zero-order valence-electron chi connectivity index (χ0n) is 8.33. The van der Waals surface area contributed by atoms with E-state index in [0.29, 0.717) is 11.5 Å². The first-order chi connectivity index (χ1) is 6.15. The lowest BCUT2D eigenvalue weighted by Gasteiger charge is -1.96. The van der Waals surface area contributed by atoms with Crippen molar-refractivity contribution in [1.29, 1.82) is 5.41 Å². The number of nitrogens with one attached hydrogen (secondary N) is 1. The fourth-order valence-corrected chi connectivity index (χ4v) is 0.611. The average molecular weight is 182 g/mol. The molecule has 0 saturated heterocycles. The van der Waals surface area contributed by atoms with Gasteiger partial charge in [0, 0.05) is 7.64 Å². The molecule has 0 unspecified atom stereocenters. The van der Waals surface area contributed by atoms with Crippen molar-refractivity contribution in [2.24, 2.45) is 0 Å². The number of hydrogen-bond donors (Lipinski definition) is 2. The predicted octanol–water partition coefficient (Wildman–Crippen LogP) is 2.03. The predicted molar refractivity (Wildman–Crippen MR) is 57.1 cm³/mol. The number of nitrogens with two attached hydrogens (primary N) is 1. The molecule has 1 heterocycles.